The smallest absolute Gasteiger partial charge is 0.0913 e. The average molecular weight is 387 g/mol. The molecule has 2 nitrogen and oxygen atoms in total. The van der Waals surface area contributed by atoms with E-state index < -0.39 is 0 Å². The molecule has 2 aromatic rings. The largest absolute Gasteiger partial charge is 0.388 e. The quantitative estimate of drug-likeness (QED) is 0.718. The van der Waals surface area contributed by atoms with Crippen molar-refractivity contribution in [2.24, 2.45) is 0 Å². The molecule has 0 spiro atoms. The molecule has 1 aromatic heterocycles. The van der Waals surface area contributed by atoms with Gasteiger partial charge in [0, 0.05) is 33.3 Å². The number of pyridine rings is 1. The topological polar surface area (TPSA) is 24.9 Å². The summed E-state index contributed by atoms with van der Waals surface area (Å²) < 4.78 is 1.14. The van der Waals surface area contributed by atoms with Gasteiger partial charge in [0.2, 0.25) is 0 Å². The zero-order valence-electron chi connectivity index (χ0n) is 10.8. The molecule has 4 heteroatoms. The van der Waals surface area contributed by atoms with E-state index in [2.05, 4.69) is 40.0 Å². The zero-order chi connectivity index (χ0) is 13.4. The minimum atomic E-state index is 0.604. The van der Waals surface area contributed by atoms with E-state index >= 15 is 0 Å². The molecule has 0 atom stereocenters. The fraction of sp³-hybridized carbons (Fsp3) is 0.400. The molecule has 0 radical (unpaired) electrons. The van der Waals surface area contributed by atoms with E-state index in [9.17, 15) is 0 Å². The van der Waals surface area contributed by atoms with E-state index in [0.29, 0.717) is 5.92 Å². The summed E-state index contributed by atoms with van der Waals surface area (Å²) in [6.45, 7) is 0. The first-order chi connectivity index (χ1) is 9.19. The molecule has 19 heavy (non-hydrogen) atoms. The number of nitrogens with zero attached hydrogens (tertiary/aromatic N) is 1. The van der Waals surface area contributed by atoms with Crippen molar-refractivity contribution in [2.45, 2.75) is 31.6 Å². The lowest BCUT2D eigenvalue weighted by Crippen LogP contribution is -2.01. The predicted molar refractivity (Wildman–Crippen MR) is 90.2 cm³/mol. The highest BCUT2D eigenvalue weighted by Crippen LogP contribution is 2.37. The number of fused-ring (bicyclic) bond motifs is 1. The van der Waals surface area contributed by atoms with E-state index in [4.69, 9.17) is 16.6 Å². The van der Waals surface area contributed by atoms with E-state index in [1.165, 1.54) is 31.4 Å². The van der Waals surface area contributed by atoms with Gasteiger partial charge in [0.25, 0.3) is 0 Å². The van der Waals surface area contributed by atoms with Crippen molar-refractivity contribution in [1.29, 1.82) is 0 Å². The van der Waals surface area contributed by atoms with Crippen LogP contribution in [0.15, 0.2) is 18.2 Å². The van der Waals surface area contributed by atoms with Gasteiger partial charge in [-0.25, -0.2) is 0 Å². The number of hydrogen-bond acceptors (Lipinski definition) is 2. The molecule has 1 N–H and O–H groups in total. The maximum atomic E-state index is 6.37. The summed E-state index contributed by atoms with van der Waals surface area (Å²) in [7, 11) is 1.96. The highest BCUT2D eigenvalue weighted by Gasteiger charge is 2.20. The Balaban J connectivity index is 2.21. The summed E-state index contributed by atoms with van der Waals surface area (Å²) in [5.41, 5.74) is 3.25. The van der Waals surface area contributed by atoms with Crippen molar-refractivity contribution in [2.75, 3.05) is 12.4 Å². The molecule has 0 amide bonds. The molecule has 1 heterocycles. The Bertz CT molecular complexity index is 621. The number of nitrogens with one attached hydrogen (secondary N) is 1. The summed E-state index contributed by atoms with van der Waals surface area (Å²) in [6, 6.07) is 6.32. The average Bonchev–Trinajstić information content (AvgIpc) is 2.91. The lowest BCUT2D eigenvalue weighted by atomic mass is 10.0. The van der Waals surface area contributed by atoms with Crippen molar-refractivity contribution in [1.82, 2.24) is 4.98 Å². The second-order valence-electron chi connectivity index (χ2n) is 5.11. The Labute approximate surface area is 132 Å². The first-order valence-electron chi connectivity index (χ1n) is 6.66. The van der Waals surface area contributed by atoms with E-state index in [-0.39, 0.29) is 0 Å². The molecule has 0 bridgehead atoms. The van der Waals surface area contributed by atoms with Gasteiger partial charge in [0.05, 0.1) is 10.5 Å². The summed E-state index contributed by atoms with van der Waals surface area (Å²) >= 11 is 8.67. The maximum absolute atomic E-state index is 6.37. The van der Waals surface area contributed by atoms with Crippen molar-refractivity contribution in [3.8, 4) is 0 Å². The summed E-state index contributed by atoms with van der Waals surface area (Å²) in [5.74, 6) is 0.604. The summed E-state index contributed by atoms with van der Waals surface area (Å²) in [4.78, 5) is 4.83. The Hall–Kier alpha value is -0.550. The molecular formula is C15H16ClIN2. The molecule has 3 rings (SSSR count). The molecule has 1 aromatic carbocycles. The number of benzene rings is 1. The van der Waals surface area contributed by atoms with E-state index in [1.54, 1.807) is 0 Å². The molecule has 0 unspecified atom stereocenters. The van der Waals surface area contributed by atoms with Crippen LogP contribution >= 0.6 is 34.2 Å². The molecule has 1 fully saturated rings. The minimum absolute atomic E-state index is 0.604. The first kappa shape index (κ1) is 13.4. The second-order valence-corrected chi connectivity index (χ2v) is 6.76. The molecule has 0 saturated heterocycles. The van der Waals surface area contributed by atoms with E-state index in [0.717, 1.165) is 25.2 Å². The standard InChI is InChI=1S/C15H16ClIN2/c1-18-14-8-13(9-4-2-3-5-9)19-15-11(14)6-10(17)7-12(15)16/h6-9H,2-5H2,1H3,(H,18,19). The van der Waals surface area contributed by atoms with Gasteiger partial charge in [0.15, 0.2) is 0 Å². The van der Waals surface area contributed by atoms with Gasteiger partial charge in [-0.1, -0.05) is 24.4 Å². The SMILES string of the molecule is CNc1cc(C2CCCC2)nc2c(Cl)cc(I)cc12. The van der Waals surface area contributed by atoms with Crippen LogP contribution in [-0.4, -0.2) is 12.0 Å². The number of anilines is 1. The van der Waals surface area contributed by atoms with Crippen molar-refractivity contribution < 1.29 is 0 Å². The number of aromatic nitrogens is 1. The lowest BCUT2D eigenvalue weighted by molar-refractivity contribution is 0.701. The van der Waals surface area contributed by atoms with E-state index in [1.807, 2.05) is 13.1 Å². The fourth-order valence-electron chi connectivity index (χ4n) is 2.91. The van der Waals surface area contributed by atoms with Gasteiger partial charge in [0.1, 0.15) is 0 Å². The number of hydrogen-bond donors (Lipinski definition) is 1. The van der Waals surface area contributed by atoms with Crippen LogP contribution in [0.1, 0.15) is 37.3 Å². The van der Waals surface area contributed by atoms with Crippen molar-refractivity contribution >= 4 is 50.8 Å². The minimum Gasteiger partial charge on any atom is -0.388 e. The monoisotopic (exact) mass is 386 g/mol. The third-order valence-corrected chi connectivity index (χ3v) is 4.81. The Morgan fingerprint density at radius 2 is 2.00 bits per heavy atom. The van der Waals surface area contributed by atoms with Gasteiger partial charge < -0.3 is 5.32 Å². The van der Waals surface area contributed by atoms with Gasteiger partial charge in [-0.05, 0) is 53.6 Å². The van der Waals surface area contributed by atoms with Crippen LogP contribution in [0.3, 0.4) is 0 Å². The molecule has 0 aliphatic heterocycles. The molecule has 100 valence electrons. The van der Waals surface area contributed by atoms with Crippen LogP contribution < -0.4 is 5.32 Å². The Morgan fingerprint density at radius 1 is 1.26 bits per heavy atom. The highest BCUT2D eigenvalue weighted by atomic mass is 127. The van der Waals surface area contributed by atoms with Gasteiger partial charge in [-0.2, -0.15) is 0 Å². The normalized spacial score (nSPS) is 16.2. The third-order valence-electron chi connectivity index (χ3n) is 3.89. The zero-order valence-corrected chi connectivity index (χ0v) is 13.8. The maximum Gasteiger partial charge on any atom is 0.0913 e. The van der Waals surface area contributed by atoms with Gasteiger partial charge in [-0.3, -0.25) is 4.98 Å². The van der Waals surface area contributed by atoms with Crippen LogP contribution in [0.4, 0.5) is 5.69 Å². The second kappa shape index (κ2) is 5.44. The molecular weight excluding hydrogens is 371 g/mol. The Morgan fingerprint density at radius 3 is 2.68 bits per heavy atom. The Kier molecular flexibility index (Phi) is 3.85. The van der Waals surface area contributed by atoms with Crippen molar-refractivity contribution in [3.05, 3.63) is 32.5 Å². The van der Waals surface area contributed by atoms with Crippen LogP contribution in [0.2, 0.25) is 5.02 Å². The molecule has 1 aliphatic carbocycles. The predicted octanol–water partition coefficient (Wildman–Crippen LogP) is 5.19. The van der Waals surface area contributed by atoms with Crippen molar-refractivity contribution in [3.63, 3.8) is 0 Å². The summed E-state index contributed by atoms with van der Waals surface area (Å²) in [5, 5.41) is 5.15. The lowest BCUT2D eigenvalue weighted by Gasteiger charge is -2.14. The highest BCUT2D eigenvalue weighted by molar-refractivity contribution is 14.1. The molecule has 1 aliphatic rings. The number of rotatable bonds is 2. The van der Waals surface area contributed by atoms with Gasteiger partial charge in [-0.15, -0.1) is 0 Å². The first-order valence-corrected chi connectivity index (χ1v) is 8.12. The number of halogens is 2. The van der Waals surface area contributed by atoms with Gasteiger partial charge >= 0.3 is 0 Å². The van der Waals surface area contributed by atoms with Crippen LogP contribution in [0.5, 0.6) is 0 Å². The fourth-order valence-corrected chi connectivity index (χ4v) is 3.98. The van der Waals surface area contributed by atoms with Crippen LogP contribution in [0.25, 0.3) is 10.9 Å². The van der Waals surface area contributed by atoms with Crippen LogP contribution in [-0.2, 0) is 0 Å². The third kappa shape index (κ3) is 2.55. The molecule has 1 saturated carbocycles. The van der Waals surface area contributed by atoms with Crippen LogP contribution in [0, 0.1) is 3.57 Å². The summed E-state index contributed by atoms with van der Waals surface area (Å²) in [6.07, 6.45) is 5.15.